The molecule has 4 nitrogen and oxygen atoms in total. The van der Waals surface area contributed by atoms with Gasteiger partial charge in [0.05, 0.1) is 9.58 Å². The maximum absolute atomic E-state index is 12.4. The SMILES string of the molecule is CN(CCNC(=O)c1cc2cn(C3CC3)cc2s1)C1CCCCC1. The summed E-state index contributed by atoms with van der Waals surface area (Å²) in [6.45, 7) is 1.67. The topological polar surface area (TPSA) is 37.3 Å². The first-order valence-corrected chi connectivity index (χ1v) is 10.1. The fraction of sp³-hybridized carbons (Fsp3) is 0.632. The van der Waals surface area contributed by atoms with Crippen LogP contribution in [0, 0.1) is 0 Å². The van der Waals surface area contributed by atoms with Gasteiger partial charge in [-0.3, -0.25) is 4.79 Å². The van der Waals surface area contributed by atoms with Gasteiger partial charge in [-0.1, -0.05) is 19.3 Å². The minimum absolute atomic E-state index is 0.0752. The summed E-state index contributed by atoms with van der Waals surface area (Å²) in [4.78, 5) is 15.6. The highest BCUT2D eigenvalue weighted by molar-refractivity contribution is 7.20. The van der Waals surface area contributed by atoms with Gasteiger partial charge in [-0.2, -0.15) is 0 Å². The third kappa shape index (κ3) is 3.52. The van der Waals surface area contributed by atoms with Crippen molar-refractivity contribution in [2.75, 3.05) is 20.1 Å². The van der Waals surface area contributed by atoms with Crippen LogP contribution in [0.15, 0.2) is 18.5 Å². The number of hydrogen-bond donors (Lipinski definition) is 1. The van der Waals surface area contributed by atoms with Crippen LogP contribution in [0.4, 0.5) is 0 Å². The second-order valence-corrected chi connectivity index (χ2v) is 8.48. The Bertz CT molecular complexity index is 678. The van der Waals surface area contributed by atoms with Crippen molar-refractivity contribution in [3.63, 3.8) is 0 Å². The molecule has 0 aromatic carbocycles. The van der Waals surface area contributed by atoms with E-state index in [4.69, 9.17) is 0 Å². The number of aromatic nitrogens is 1. The number of amides is 1. The summed E-state index contributed by atoms with van der Waals surface area (Å²) in [7, 11) is 2.19. The molecule has 2 aliphatic rings. The molecule has 2 fully saturated rings. The van der Waals surface area contributed by atoms with Gasteiger partial charge in [-0.05, 0) is 38.8 Å². The smallest absolute Gasteiger partial charge is 0.261 e. The summed E-state index contributed by atoms with van der Waals surface area (Å²) in [6, 6.07) is 3.45. The van der Waals surface area contributed by atoms with Crippen LogP contribution in [0.25, 0.3) is 10.1 Å². The van der Waals surface area contributed by atoms with E-state index in [0.717, 1.165) is 18.0 Å². The molecular formula is C19H27N3OS. The molecule has 0 spiro atoms. The van der Waals surface area contributed by atoms with Crippen molar-refractivity contribution >= 4 is 27.3 Å². The molecule has 5 heteroatoms. The quantitative estimate of drug-likeness (QED) is 0.858. The van der Waals surface area contributed by atoms with E-state index in [1.807, 2.05) is 6.07 Å². The predicted octanol–water partition coefficient (Wildman–Crippen LogP) is 4.03. The molecule has 1 N–H and O–H groups in total. The average Bonchev–Trinajstić information content (AvgIpc) is 3.25. The molecule has 1 amide bonds. The largest absolute Gasteiger partial charge is 0.350 e. The molecule has 2 aromatic heterocycles. The van der Waals surface area contributed by atoms with Crippen molar-refractivity contribution in [1.82, 2.24) is 14.8 Å². The van der Waals surface area contributed by atoms with Gasteiger partial charge < -0.3 is 14.8 Å². The van der Waals surface area contributed by atoms with Crippen LogP contribution in [0.3, 0.4) is 0 Å². The Labute approximate surface area is 147 Å². The molecule has 130 valence electrons. The van der Waals surface area contributed by atoms with E-state index in [-0.39, 0.29) is 5.91 Å². The summed E-state index contributed by atoms with van der Waals surface area (Å²) in [6.07, 6.45) is 13.7. The van der Waals surface area contributed by atoms with Crippen LogP contribution in [0.5, 0.6) is 0 Å². The number of carbonyl (C=O) groups excluding carboxylic acids is 1. The van der Waals surface area contributed by atoms with Crippen molar-refractivity contribution in [3.05, 3.63) is 23.3 Å². The zero-order valence-electron chi connectivity index (χ0n) is 14.5. The maximum atomic E-state index is 12.4. The maximum Gasteiger partial charge on any atom is 0.261 e. The summed E-state index contributed by atoms with van der Waals surface area (Å²) < 4.78 is 3.54. The number of nitrogens with one attached hydrogen (secondary N) is 1. The first-order valence-electron chi connectivity index (χ1n) is 9.30. The Morgan fingerprint density at radius 3 is 2.75 bits per heavy atom. The number of carbonyl (C=O) groups is 1. The Morgan fingerprint density at radius 2 is 2.04 bits per heavy atom. The summed E-state index contributed by atoms with van der Waals surface area (Å²) >= 11 is 1.61. The van der Waals surface area contributed by atoms with Crippen molar-refractivity contribution in [2.45, 2.75) is 57.0 Å². The zero-order chi connectivity index (χ0) is 16.5. The first-order chi connectivity index (χ1) is 11.7. The highest BCUT2D eigenvalue weighted by Gasteiger charge is 2.24. The van der Waals surface area contributed by atoms with Gasteiger partial charge in [0.1, 0.15) is 0 Å². The third-order valence-electron chi connectivity index (χ3n) is 5.49. The van der Waals surface area contributed by atoms with E-state index >= 15 is 0 Å². The van der Waals surface area contributed by atoms with Crippen LogP contribution < -0.4 is 5.32 Å². The minimum atomic E-state index is 0.0752. The van der Waals surface area contributed by atoms with Gasteiger partial charge in [0.25, 0.3) is 5.91 Å². The Kier molecular flexibility index (Phi) is 4.63. The first kappa shape index (κ1) is 16.2. The lowest BCUT2D eigenvalue weighted by Crippen LogP contribution is -2.39. The molecule has 24 heavy (non-hydrogen) atoms. The second kappa shape index (κ2) is 6.89. The van der Waals surface area contributed by atoms with E-state index < -0.39 is 0 Å². The van der Waals surface area contributed by atoms with E-state index in [1.165, 1.54) is 55.0 Å². The molecule has 0 saturated heterocycles. The van der Waals surface area contributed by atoms with Crippen LogP contribution in [-0.2, 0) is 0 Å². The molecule has 0 bridgehead atoms. The number of hydrogen-bond acceptors (Lipinski definition) is 3. The lowest BCUT2D eigenvalue weighted by Gasteiger charge is -2.31. The molecule has 0 unspecified atom stereocenters. The van der Waals surface area contributed by atoms with Crippen molar-refractivity contribution < 1.29 is 4.79 Å². The Balaban J connectivity index is 1.28. The van der Waals surface area contributed by atoms with Crippen LogP contribution in [0.1, 0.15) is 60.7 Å². The molecule has 0 atom stereocenters. The van der Waals surface area contributed by atoms with Crippen LogP contribution in [-0.4, -0.2) is 41.6 Å². The van der Waals surface area contributed by atoms with Gasteiger partial charge in [0.2, 0.25) is 0 Å². The van der Waals surface area contributed by atoms with E-state index in [1.54, 1.807) is 11.3 Å². The standard InChI is InChI=1S/C19H27N3OS/c1-21(15-5-3-2-4-6-15)10-9-20-19(23)17-11-14-12-22(16-7-8-16)13-18(14)24-17/h11-13,15-16H,2-10H2,1H3,(H,20,23). The number of fused-ring (bicyclic) bond motifs is 1. The molecule has 4 rings (SSSR count). The lowest BCUT2D eigenvalue weighted by atomic mass is 9.94. The van der Waals surface area contributed by atoms with Crippen molar-refractivity contribution in [2.24, 2.45) is 0 Å². The minimum Gasteiger partial charge on any atom is -0.350 e. The second-order valence-electron chi connectivity index (χ2n) is 7.40. The summed E-state index contributed by atoms with van der Waals surface area (Å²) in [5.41, 5.74) is 0. The highest BCUT2D eigenvalue weighted by Crippen LogP contribution is 2.38. The fourth-order valence-corrected chi connectivity index (χ4v) is 4.78. The van der Waals surface area contributed by atoms with Gasteiger partial charge in [-0.15, -0.1) is 11.3 Å². The summed E-state index contributed by atoms with van der Waals surface area (Å²) in [5, 5.41) is 4.30. The molecule has 2 saturated carbocycles. The van der Waals surface area contributed by atoms with Crippen molar-refractivity contribution in [1.29, 1.82) is 0 Å². The Hall–Kier alpha value is -1.33. The molecule has 0 radical (unpaired) electrons. The average molecular weight is 346 g/mol. The van der Waals surface area contributed by atoms with Gasteiger partial charge in [-0.25, -0.2) is 0 Å². The fourth-order valence-electron chi connectivity index (χ4n) is 3.79. The van der Waals surface area contributed by atoms with Gasteiger partial charge in [0, 0.05) is 43.0 Å². The van der Waals surface area contributed by atoms with Gasteiger partial charge >= 0.3 is 0 Å². The molecule has 2 aromatic rings. The predicted molar refractivity (Wildman–Crippen MR) is 99.9 cm³/mol. The lowest BCUT2D eigenvalue weighted by molar-refractivity contribution is 0.0948. The normalized spacial score (nSPS) is 19.2. The van der Waals surface area contributed by atoms with E-state index in [9.17, 15) is 4.79 Å². The molecule has 0 aliphatic heterocycles. The summed E-state index contributed by atoms with van der Waals surface area (Å²) in [5.74, 6) is 0.0752. The molecule has 2 aliphatic carbocycles. The number of nitrogens with zero attached hydrogens (tertiary/aromatic N) is 2. The Morgan fingerprint density at radius 1 is 1.25 bits per heavy atom. The number of thiophene rings is 1. The van der Waals surface area contributed by atoms with E-state index in [2.05, 4.69) is 34.2 Å². The molecular weight excluding hydrogens is 318 g/mol. The highest BCUT2D eigenvalue weighted by atomic mass is 32.1. The third-order valence-corrected chi connectivity index (χ3v) is 6.57. The number of likely N-dealkylation sites (N-methyl/N-ethyl adjacent to an activating group) is 1. The number of rotatable bonds is 6. The van der Waals surface area contributed by atoms with Gasteiger partial charge in [0.15, 0.2) is 0 Å². The van der Waals surface area contributed by atoms with Crippen molar-refractivity contribution in [3.8, 4) is 0 Å². The van der Waals surface area contributed by atoms with E-state index in [0.29, 0.717) is 12.1 Å². The zero-order valence-corrected chi connectivity index (χ0v) is 15.3. The monoisotopic (exact) mass is 345 g/mol. The van der Waals surface area contributed by atoms with Crippen LogP contribution >= 0.6 is 11.3 Å². The molecule has 2 heterocycles. The van der Waals surface area contributed by atoms with Crippen LogP contribution in [0.2, 0.25) is 0 Å².